The Morgan fingerprint density at radius 3 is 2.67 bits per heavy atom. The quantitative estimate of drug-likeness (QED) is 0.809. The first-order valence-electron chi connectivity index (χ1n) is 7.82. The molecule has 21 heavy (non-hydrogen) atoms. The molecule has 1 aliphatic rings. The Morgan fingerprint density at radius 2 is 2.00 bits per heavy atom. The predicted molar refractivity (Wildman–Crippen MR) is 84.6 cm³/mol. The highest BCUT2D eigenvalue weighted by Crippen LogP contribution is 2.26. The molecular weight excluding hydrogens is 286 g/mol. The minimum absolute atomic E-state index is 0.360. The molecule has 0 aromatic carbocycles. The van der Waals surface area contributed by atoms with E-state index >= 15 is 0 Å². The van der Waals surface area contributed by atoms with Gasteiger partial charge in [0.2, 0.25) is 10.0 Å². The van der Waals surface area contributed by atoms with E-state index in [0.717, 1.165) is 12.1 Å². The maximum absolute atomic E-state index is 12.3. The molecule has 120 valence electrons. The number of aromatic nitrogens is 1. The van der Waals surface area contributed by atoms with Crippen LogP contribution < -0.4 is 10.0 Å². The summed E-state index contributed by atoms with van der Waals surface area (Å²) in [4.78, 5) is 0.360. The number of sulfonamides is 1. The van der Waals surface area contributed by atoms with E-state index in [1.165, 1.54) is 32.1 Å². The van der Waals surface area contributed by atoms with Crippen molar-refractivity contribution in [3.05, 3.63) is 18.0 Å². The molecule has 0 aliphatic heterocycles. The summed E-state index contributed by atoms with van der Waals surface area (Å²) < 4.78 is 29.2. The van der Waals surface area contributed by atoms with Crippen molar-refractivity contribution >= 4 is 10.0 Å². The SMILES string of the molecule is CNCc1cc(S(=O)(=O)NCCC2CCCCC2)cn1C. The van der Waals surface area contributed by atoms with Crippen molar-refractivity contribution in [3.8, 4) is 0 Å². The number of nitrogens with one attached hydrogen (secondary N) is 2. The fourth-order valence-corrected chi connectivity index (χ4v) is 4.18. The summed E-state index contributed by atoms with van der Waals surface area (Å²) in [5, 5.41) is 3.04. The van der Waals surface area contributed by atoms with E-state index in [1.807, 2.05) is 18.7 Å². The monoisotopic (exact) mass is 313 g/mol. The van der Waals surface area contributed by atoms with Crippen molar-refractivity contribution in [3.63, 3.8) is 0 Å². The zero-order chi connectivity index (χ0) is 15.3. The molecule has 0 atom stereocenters. The summed E-state index contributed by atoms with van der Waals surface area (Å²) in [7, 11) is 0.340. The molecule has 1 aromatic rings. The van der Waals surface area contributed by atoms with E-state index in [2.05, 4.69) is 10.0 Å². The van der Waals surface area contributed by atoms with Crippen molar-refractivity contribution in [1.82, 2.24) is 14.6 Å². The van der Waals surface area contributed by atoms with Crippen LogP contribution in [-0.4, -0.2) is 26.6 Å². The van der Waals surface area contributed by atoms with Gasteiger partial charge >= 0.3 is 0 Å². The van der Waals surface area contributed by atoms with Crippen molar-refractivity contribution < 1.29 is 8.42 Å². The molecule has 6 heteroatoms. The van der Waals surface area contributed by atoms with Crippen LogP contribution in [0.5, 0.6) is 0 Å². The van der Waals surface area contributed by atoms with Crippen molar-refractivity contribution in [2.45, 2.75) is 50.0 Å². The second-order valence-corrected chi connectivity index (χ2v) is 7.77. The Bertz CT molecular complexity index is 545. The number of hydrogen-bond acceptors (Lipinski definition) is 3. The Morgan fingerprint density at radius 1 is 1.29 bits per heavy atom. The predicted octanol–water partition coefficient (Wildman–Crippen LogP) is 1.99. The molecule has 0 spiro atoms. The first-order chi connectivity index (χ1) is 10.0. The minimum Gasteiger partial charge on any atom is -0.352 e. The molecule has 5 nitrogen and oxygen atoms in total. The van der Waals surface area contributed by atoms with Gasteiger partial charge in [0.1, 0.15) is 0 Å². The summed E-state index contributed by atoms with van der Waals surface area (Å²) in [6.45, 7) is 1.21. The van der Waals surface area contributed by atoms with E-state index in [9.17, 15) is 8.42 Å². The van der Waals surface area contributed by atoms with Crippen molar-refractivity contribution in [1.29, 1.82) is 0 Å². The zero-order valence-electron chi connectivity index (χ0n) is 13.1. The number of aryl methyl sites for hydroxylation is 1. The Kier molecular flexibility index (Phi) is 5.84. The normalized spacial score (nSPS) is 17.2. The summed E-state index contributed by atoms with van der Waals surface area (Å²) >= 11 is 0. The van der Waals surface area contributed by atoms with Crippen LogP contribution >= 0.6 is 0 Å². The van der Waals surface area contributed by atoms with Crippen LogP contribution in [0.3, 0.4) is 0 Å². The van der Waals surface area contributed by atoms with Gasteiger partial charge in [-0.3, -0.25) is 0 Å². The van der Waals surface area contributed by atoms with E-state index in [-0.39, 0.29) is 0 Å². The topological polar surface area (TPSA) is 63.1 Å². The third kappa shape index (κ3) is 4.56. The summed E-state index contributed by atoms with van der Waals surface area (Å²) in [6, 6.07) is 1.74. The highest BCUT2D eigenvalue weighted by atomic mass is 32.2. The molecule has 1 aliphatic carbocycles. The second-order valence-electron chi connectivity index (χ2n) is 6.00. The lowest BCUT2D eigenvalue weighted by Crippen LogP contribution is -2.26. The number of hydrogen-bond donors (Lipinski definition) is 2. The van der Waals surface area contributed by atoms with Crippen LogP contribution in [0.4, 0.5) is 0 Å². The highest BCUT2D eigenvalue weighted by molar-refractivity contribution is 7.89. The van der Waals surface area contributed by atoms with E-state index in [1.54, 1.807) is 12.3 Å². The summed E-state index contributed by atoms with van der Waals surface area (Å²) in [6.07, 6.45) is 9.05. The molecule has 0 unspecified atom stereocenters. The average Bonchev–Trinajstić information content (AvgIpc) is 2.83. The Balaban J connectivity index is 1.90. The lowest BCUT2D eigenvalue weighted by Gasteiger charge is -2.21. The van der Waals surface area contributed by atoms with Crippen LogP contribution in [0, 0.1) is 5.92 Å². The number of nitrogens with zero attached hydrogens (tertiary/aromatic N) is 1. The van der Waals surface area contributed by atoms with Gasteiger partial charge < -0.3 is 9.88 Å². The molecular formula is C15H27N3O2S. The molecule has 1 fully saturated rings. The molecule has 0 radical (unpaired) electrons. The van der Waals surface area contributed by atoms with Gasteiger partial charge in [0.15, 0.2) is 0 Å². The van der Waals surface area contributed by atoms with Crippen LogP contribution in [0.15, 0.2) is 17.2 Å². The third-order valence-electron chi connectivity index (χ3n) is 4.32. The van der Waals surface area contributed by atoms with Crippen molar-refractivity contribution in [2.24, 2.45) is 13.0 Å². The van der Waals surface area contributed by atoms with Gasteiger partial charge in [0.25, 0.3) is 0 Å². The van der Waals surface area contributed by atoms with Crippen LogP contribution in [0.2, 0.25) is 0 Å². The molecule has 0 amide bonds. The van der Waals surface area contributed by atoms with E-state index < -0.39 is 10.0 Å². The first-order valence-corrected chi connectivity index (χ1v) is 9.31. The third-order valence-corrected chi connectivity index (χ3v) is 5.75. The molecule has 1 saturated carbocycles. The summed E-state index contributed by atoms with van der Waals surface area (Å²) in [5.74, 6) is 0.692. The fraction of sp³-hybridized carbons (Fsp3) is 0.733. The average molecular weight is 313 g/mol. The molecule has 1 heterocycles. The maximum Gasteiger partial charge on any atom is 0.242 e. The smallest absolute Gasteiger partial charge is 0.242 e. The van der Waals surface area contributed by atoms with Gasteiger partial charge in [-0.05, 0) is 25.5 Å². The molecule has 2 N–H and O–H groups in total. The number of rotatable bonds is 7. The zero-order valence-corrected chi connectivity index (χ0v) is 13.9. The van der Waals surface area contributed by atoms with Crippen LogP contribution in [0.25, 0.3) is 0 Å². The van der Waals surface area contributed by atoms with E-state index in [0.29, 0.717) is 23.9 Å². The van der Waals surface area contributed by atoms with E-state index in [4.69, 9.17) is 0 Å². The van der Waals surface area contributed by atoms with Gasteiger partial charge in [0, 0.05) is 32.0 Å². The van der Waals surface area contributed by atoms with Gasteiger partial charge in [-0.15, -0.1) is 0 Å². The molecule has 0 bridgehead atoms. The first kappa shape index (κ1) is 16.5. The van der Waals surface area contributed by atoms with Gasteiger partial charge in [-0.25, -0.2) is 13.1 Å². The van der Waals surface area contributed by atoms with Gasteiger partial charge in [-0.1, -0.05) is 32.1 Å². The van der Waals surface area contributed by atoms with Crippen LogP contribution in [-0.2, 0) is 23.6 Å². The summed E-state index contributed by atoms with van der Waals surface area (Å²) in [5.41, 5.74) is 0.963. The standard InChI is InChI=1S/C15H27N3O2S/c1-16-11-14-10-15(12-18(14)2)21(19,20)17-9-8-13-6-4-3-5-7-13/h10,12-13,16-17H,3-9,11H2,1-2H3. The second kappa shape index (κ2) is 7.42. The Hall–Kier alpha value is -0.850. The van der Waals surface area contributed by atoms with Gasteiger partial charge in [-0.2, -0.15) is 0 Å². The maximum atomic E-state index is 12.3. The minimum atomic E-state index is -3.38. The fourth-order valence-electron chi connectivity index (χ4n) is 3.04. The Labute approximate surface area is 128 Å². The van der Waals surface area contributed by atoms with Crippen molar-refractivity contribution in [2.75, 3.05) is 13.6 Å². The lowest BCUT2D eigenvalue weighted by atomic mass is 9.87. The molecule has 2 rings (SSSR count). The largest absolute Gasteiger partial charge is 0.352 e. The van der Waals surface area contributed by atoms with Crippen LogP contribution in [0.1, 0.15) is 44.2 Å². The van der Waals surface area contributed by atoms with Gasteiger partial charge in [0.05, 0.1) is 4.90 Å². The highest BCUT2D eigenvalue weighted by Gasteiger charge is 2.18. The lowest BCUT2D eigenvalue weighted by molar-refractivity contribution is 0.339. The molecule has 1 aromatic heterocycles. The molecule has 0 saturated heterocycles.